The predicted octanol–water partition coefficient (Wildman–Crippen LogP) is -0.00600. The molecule has 0 bridgehead atoms. The summed E-state index contributed by atoms with van der Waals surface area (Å²) in [4.78, 5) is 17.1. The fraction of sp³-hybridized carbons (Fsp3) is 0.400. The van der Waals surface area contributed by atoms with Crippen molar-refractivity contribution in [3.63, 3.8) is 0 Å². The van der Waals surface area contributed by atoms with Crippen LogP contribution in [0.2, 0.25) is 0 Å². The summed E-state index contributed by atoms with van der Waals surface area (Å²) < 4.78 is 0. The van der Waals surface area contributed by atoms with E-state index in [4.69, 9.17) is 0 Å². The van der Waals surface area contributed by atoms with Crippen molar-refractivity contribution >= 4 is 5.91 Å². The van der Waals surface area contributed by atoms with Gasteiger partial charge in [0.15, 0.2) is 0 Å². The fourth-order valence-corrected chi connectivity index (χ4v) is 1.65. The van der Waals surface area contributed by atoms with Gasteiger partial charge in [0.2, 0.25) is 0 Å². The van der Waals surface area contributed by atoms with Crippen LogP contribution in [-0.4, -0.2) is 45.2 Å². The van der Waals surface area contributed by atoms with Crippen molar-refractivity contribution in [1.29, 1.82) is 0 Å². The van der Waals surface area contributed by atoms with Crippen LogP contribution in [-0.2, 0) is 0 Å². The van der Waals surface area contributed by atoms with E-state index in [-0.39, 0.29) is 11.7 Å². The van der Waals surface area contributed by atoms with E-state index < -0.39 is 6.10 Å². The first kappa shape index (κ1) is 9.92. The van der Waals surface area contributed by atoms with Crippen LogP contribution in [0.25, 0.3) is 0 Å². The van der Waals surface area contributed by atoms with Gasteiger partial charge in [0.1, 0.15) is 5.75 Å². The van der Waals surface area contributed by atoms with E-state index in [0.717, 1.165) is 0 Å². The number of β-amino-alcohol motifs (C(OH)–C–C–N with tert-alkyl or cyclic N) is 1. The van der Waals surface area contributed by atoms with Crippen molar-refractivity contribution < 1.29 is 15.0 Å². The van der Waals surface area contributed by atoms with Crippen LogP contribution in [0.3, 0.4) is 0 Å². The van der Waals surface area contributed by atoms with Crippen molar-refractivity contribution in [3.8, 4) is 5.75 Å². The molecule has 0 aromatic carbocycles. The molecule has 2 N–H and O–H groups in total. The average Bonchev–Trinajstić information content (AvgIpc) is 2.64. The van der Waals surface area contributed by atoms with E-state index in [1.165, 1.54) is 18.5 Å². The van der Waals surface area contributed by atoms with Crippen LogP contribution >= 0.6 is 0 Å². The number of amides is 1. The summed E-state index contributed by atoms with van der Waals surface area (Å²) in [6.45, 7) is 0.907. The van der Waals surface area contributed by atoms with Crippen molar-refractivity contribution in [2.45, 2.75) is 12.5 Å². The van der Waals surface area contributed by atoms with Gasteiger partial charge in [0.25, 0.3) is 5.91 Å². The molecule has 80 valence electrons. The predicted molar refractivity (Wildman–Crippen MR) is 52.4 cm³/mol. The molecule has 15 heavy (non-hydrogen) atoms. The maximum absolute atomic E-state index is 11.8. The second kappa shape index (κ2) is 3.86. The maximum Gasteiger partial charge on any atom is 0.255 e. The number of hydrogen-bond donors (Lipinski definition) is 2. The molecule has 1 atom stereocenters. The van der Waals surface area contributed by atoms with Crippen molar-refractivity contribution in [3.05, 3.63) is 24.0 Å². The van der Waals surface area contributed by atoms with Gasteiger partial charge in [-0.25, -0.2) is 0 Å². The van der Waals surface area contributed by atoms with Crippen LogP contribution in [0.15, 0.2) is 18.5 Å². The molecular formula is C10H12N2O3. The number of likely N-dealkylation sites (tertiary alicyclic amines) is 1. The smallest absolute Gasteiger partial charge is 0.255 e. The maximum atomic E-state index is 11.8. The number of rotatable bonds is 1. The molecule has 1 aromatic heterocycles. The summed E-state index contributed by atoms with van der Waals surface area (Å²) in [6.07, 6.45) is 2.86. The summed E-state index contributed by atoms with van der Waals surface area (Å²) in [5, 5.41) is 18.5. The Bertz CT molecular complexity index is 381. The Hall–Kier alpha value is -1.62. The third kappa shape index (κ3) is 2.07. The molecule has 5 heteroatoms. The number of hydrogen-bond acceptors (Lipinski definition) is 4. The topological polar surface area (TPSA) is 73.7 Å². The monoisotopic (exact) mass is 208 g/mol. The number of aliphatic hydroxyl groups excluding tert-OH is 1. The third-order valence-corrected chi connectivity index (χ3v) is 2.42. The lowest BCUT2D eigenvalue weighted by atomic mass is 10.2. The lowest BCUT2D eigenvalue weighted by Crippen LogP contribution is -2.29. The summed E-state index contributed by atoms with van der Waals surface area (Å²) in [7, 11) is 0. The van der Waals surface area contributed by atoms with Gasteiger partial charge in [-0.15, -0.1) is 0 Å². The van der Waals surface area contributed by atoms with Gasteiger partial charge in [0, 0.05) is 19.3 Å². The molecule has 2 heterocycles. The van der Waals surface area contributed by atoms with Crippen LogP contribution < -0.4 is 0 Å². The minimum atomic E-state index is -0.431. The fourth-order valence-electron chi connectivity index (χ4n) is 1.65. The van der Waals surface area contributed by atoms with Gasteiger partial charge < -0.3 is 15.1 Å². The molecule has 0 saturated carbocycles. The lowest BCUT2D eigenvalue weighted by molar-refractivity contribution is 0.0764. The molecular weight excluding hydrogens is 196 g/mol. The van der Waals surface area contributed by atoms with Crippen molar-refractivity contribution in [2.75, 3.05) is 13.1 Å². The molecule has 0 unspecified atom stereocenters. The highest BCUT2D eigenvalue weighted by Crippen LogP contribution is 2.15. The van der Waals surface area contributed by atoms with Crippen molar-refractivity contribution in [1.82, 2.24) is 9.88 Å². The van der Waals surface area contributed by atoms with Crippen LogP contribution in [0, 0.1) is 0 Å². The number of pyridine rings is 1. The highest BCUT2D eigenvalue weighted by Gasteiger charge is 2.25. The first-order valence-corrected chi connectivity index (χ1v) is 4.78. The zero-order chi connectivity index (χ0) is 10.8. The third-order valence-electron chi connectivity index (χ3n) is 2.42. The standard InChI is InChI=1S/C10H12N2O3/c13-8-1-2-12(6-8)10(15)7-3-9(14)5-11-4-7/h3-5,8,13-14H,1-2,6H2/t8-/m0/s1. The van der Waals surface area contributed by atoms with Gasteiger partial charge in [-0.1, -0.05) is 0 Å². The second-order valence-electron chi connectivity index (χ2n) is 3.63. The minimum Gasteiger partial charge on any atom is -0.506 e. The Kier molecular flexibility index (Phi) is 2.55. The van der Waals surface area contributed by atoms with E-state index in [9.17, 15) is 15.0 Å². The summed E-state index contributed by atoms with van der Waals surface area (Å²) in [5.74, 6) is -0.226. The van der Waals surface area contributed by atoms with Crippen LogP contribution in [0.4, 0.5) is 0 Å². The van der Waals surface area contributed by atoms with Gasteiger partial charge >= 0.3 is 0 Å². The highest BCUT2D eigenvalue weighted by atomic mass is 16.3. The normalized spacial score (nSPS) is 20.6. The molecule has 1 saturated heterocycles. The molecule has 2 rings (SSSR count). The van der Waals surface area contributed by atoms with Crippen LogP contribution in [0.1, 0.15) is 16.8 Å². The molecule has 1 aliphatic heterocycles. The Balaban J connectivity index is 2.14. The van der Waals surface area contributed by atoms with E-state index >= 15 is 0 Å². The van der Waals surface area contributed by atoms with Gasteiger partial charge in [-0.2, -0.15) is 0 Å². The average molecular weight is 208 g/mol. The molecule has 1 amide bonds. The Morgan fingerprint density at radius 1 is 1.53 bits per heavy atom. The zero-order valence-electron chi connectivity index (χ0n) is 8.13. The van der Waals surface area contributed by atoms with E-state index in [0.29, 0.717) is 25.1 Å². The first-order valence-electron chi connectivity index (χ1n) is 4.78. The molecule has 1 aromatic rings. The summed E-state index contributed by atoms with van der Waals surface area (Å²) in [5.41, 5.74) is 0.351. The highest BCUT2D eigenvalue weighted by molar-refractivity contribution is 5.94. The van der Waals surface area contributed by atoms with Crippen molar-refractivity contribution in [2.24, 2.45) is 0 Å². The molecule has 1 aliphatic rings. The van der Waals surface area contributed by atoms with E-state index in [2.05, 4.69) is 4.98 Å². The number of carbonyl (C=O) groups is 1. The summed E-state index contributed by atoms with van der Waals surface area (Å²) >= 11 is 0. The second-order valence-corrected chi connectivity index (χ2v) is 3.63. The van der Waals surface area contributed by atoms with Gasteiger partial charge in [-0.3, -0.25) is 9.78 Å². The van der Waals surface area contributed by atoms with E-state index in [1.807, 2.05) is 0 Å². The van der Waals surface area contributed by atoms with Crippen LogP contribution in [0.5, 0.6) is 5.75 Å². The molecule has 5 nitrogen and oxygen atoms in total. The Morgan fingerprint density at radius 2 is 2.33 bits per heavy atom. The lowest BCUT2D eigenvalue weighted by Gasteiger charge is -2.14. The molecule has 1 fully saturated rings. The van der Waals surface area contributed by atoms with Gasteiger partial charge in [-0.05, 0) is 12.5 Å². The van der Waals surface area contributed by atoms with E-state index in [1.54, 1.807) is 4.90 Å². The quantitative estimate of drug-likeness (QED) is 0.681. The number of carbonyl (C=O) groups excluding carboxylic acids is 1. The Labute approximate surface area is 87.0 Å². The number of aromatic nitrogens is 1. The zero-order valence-corrected chi connectivity index (χ0v) is 8.13. The minimum absolute atomic E-state index is 0.0272. The molecule has 0 radical (unpaired) electrons. The molecule has 0 spiro atoms. The van der Waals surface area contributed by atoms with Gasteiger partial charge in [0.05, 0.1) is 17.9 Å². The number of aromatic hydroxyl groups is 1. The molecule has 0 aliphatic carbocycles. The largest absolute Gasteiger partial charge is 0.506 e. The SMILES string of the molecule is O=C(c1cncc(O)c1)N1CC[C@H](O)C1. The number of nitrogens with zero attached hydrogens (tertiary/aromatic N) is 2. The Morgan fingerprint density at radius 3 is 2.93 bits per heavy atom. The number of aliphatic hydroxyl groups is 1. The first-order chi connectivity index (χ1) is 7.16. The summed E-state index contributed by atoms with van der Waals surface area (Å²) in [6, 6.07) is 1.38.